The first-order valence-corrected chi connectivity index (χ1v) is 6.58. The van der Waals surface area contributed by atoms with Crippen molar-refractivity contribution in [2.75, 3.05) is 13.2 Å². The Bertz CT molecular complexity index is 419. The van der Waals surface area contributed by atoms with E-state index >= 15 is 0 Å². The second kappa shape index (κ2) is 5.77. The Kier molecular flexibility index (Phi) is 4.33. The number of amides is 1. The van der Waals surface area contributed by atoms with Gasteiger partial charge in [-0.3, -0.25) is 4.79 Å². The van der Waals surface area contributed by atoms with Crippen molar-refractivity contribution >= 4 is 28.5 Å². The van der Waals surface area contributed by atoms with E-state index in [0.29, 0.717) is 22.3 Å². The smallest absolute Gasteiger partial charge is 0.252 e. The highest BCUT2D eigenvalue weighted by atomic mass is 127. The Morgan fingerprint density at radius 1 is 1.41 bits per heavy atom. The second-order valence-electron chi connectivity index (χ2n) is 3.98. The Labute approximate surface area is 113 Å². The second-order valence-corrected chi connectivity index (χ2v) is 5.15. The highest BCUT2D eigenvalue weighted by Gasteiger charge is 2.18. The molecule has 0 atom stereocenters. The summed E-state index contributed by atoms with van der Waals surface area (Å²) in [5.41, 5.74) is 0.526. The van der Waals surface area contributed by atoms with Gasteiger partial charge in [0.2, 0.25) is 0 Å². The number of halogens is 2. The van der Waals surface area contributed by atoms with Gasteiger partial charge < -0.3 is 10.1 Å². The Balaban J connectivity index is 2.03. The van der Waals surface area contributed by atoms with Gasteiger partial charge in [0.1, 0.15) is 5.82 Å². The maximum atomic E-state index is 12.9. The van der Waals surface area contributed by atoms with Crippen LogP contribution in [0.15, 0.2) is 18.2 Å². The molecule has 2 rings (SSSR count). The van der Waals surface area contributed by atoms with Gasteiger partial charge in [-0.2, -0.15) is 0 Å². The summed E-state index contributed by atoms with van der Waals surface area (Å²) in [5, 5.41) is 2.95. The molecule has 1 aromatic carbocycles. The number of carbonyl (C=O) groups excluding carboxylic acids is 1. The molecule has 5 heteroatoms. The van der Waals surface area contributed by atoms with Crippen LogP contribution in [0.4, 0.5) is 4.39 Å². The largest absolute Gasteiger partial charge is 0.381 e. The van der Waals surface area contributed by atoms with Crippen LogP contribution in [0.5, 0.6) is 0 Å². The number of hydrogen-bond donors (Lipinski definition) is 1. The van der Waals surface area contributed by atoms with E-state index in [1.165, 1.54) is 18.2 Å². The zero-order valence-electron chi connectivity index (χ0n) is 9.21. The lowest BCUT2D eigenvalue weighted by Crippen LogP contribution is -2.39. The maximum Gasteiger partial charge on any atom is 0.252 e. The van der Waals surface area contributed by atoms with Crippen LogP contribution < -0.4 is 5.32 Å². The average molecular weight is 349 g/mol. The van der Waals surface area contributed by atoms with Gasteiger partial charge in [0, 0.05) is 22.8 Å². The molecule has 1 saturated heterocycles. The molecule has 0 radical (unpaired) electrons. The van der Waals surface area contributed by atoms with Crippen LogP contribution in [-0.2, 0) is 4.74 Å². The van der Waals surface area contributed by atoms with E-state index in [9.17, 15) is 9.18 Å². The lowest BCUT2D eigenvalue weighted by atomic mass is 10.1. The molecule has 92 valence electrons. The number of hydrogen-bond acceptors (Lipinski definition) is 2. The zero-order chi connectivity index (χ0) is 12.3. The molecule has 1 aliphatic rings. The molecular formula is C12H13FINO2. The first-order valence-electron chi connectivity index (χ1n) is 5.50. The lowest BCUT2D eigenvalue weighted by molar-refractivity contribution is 0.0696. The summed E-state index contributed by atoms with van der Waals surface area (Å²) in [6.45, 7) is 1.37. The average Bonchev–Trinajstić information content (AvgIpc) is 2.30. The molecule has 1 heterocycles. The summed E-state index contributed by atoms with van der Waals surface area (Å²) in [6, 6.07) is 4.35. The molecule has 1 aliphatic heterocycles. The molecule has 0 aliphatic carbocycles. The molecule has 0 bridgehead atoms. The number of benzene rings is 1. The summed E-state index contributed by atoms with van der Waals surface area (Å²) < 4.78 is 18.8. The molecule has 3 nitrogen and oxygen atoms in total. The van der Waals surface area contributed by atoms with Gasteiger partial charge in [-0.1, -0.05) is 0 Å². The Hall–Kier alpha value is -0.690. The third kappa shape index (κ3) is 3.38. The van der Waals surface area contributed by atoms with Crippen molar-refractivity contribution in [1.29, 1.82) is 0 Å². The van der Waals surface area contributed by atoms with E-state index < -0.39 is 0 Å². The van der Waals surface area contributed by atoms with Gasteiger partial charge >= 0.3 is 0 Å². The molecule has 0 spiro atoms. The predicted octanol–water partition coefficient (Wildman–Crippen LogP) is 2.34. The van der Waals surface area contributed by atoms with E-state index in [2.05, 4.69) is 5.32 Å². The van der Waals surface area contributed by atoms with Crippen LogP contribution in [0, 0.1) is 9.39 Å². The van der Waals surface area contributed by atoms with Crippen molar-refractivity contribution in [2.24, 2.45) is 0 Å². The minimum absolute atomic E-state index is 0.138. The molecule has 0 aromatic heterocycles. The van der Waals surface area contributed by atoms with Crippen molar-refractivity contribution in [3.63, 3.8) is 0 Å². The predicted molar refractivity (Wildman–Crippen MR) is 70.4 cm³/mol. The van der Waals surface area contributed by atoms with Crippen LogP contribution in [-0.4, -0.2) is 25.2 Å². The standard InChI is InChI=1S/C12H13FINO2/c13-8-1-2-10(11(14)7-8)12(16)15-9-3-5-17-6-4-9/h1-2,7,9H,3-6H2,(H,15,16). The fourth-order valence-corrected chi connectivity index (χ4v) is 2.50. The summed E-state index contributed by atoms with van der Waals surface area (Å²) in [7, 11) is 0. The number of rotatable bonds is 2. The van der Waals surface area contributed by atoms with E-state index in [0.717, 1.165) is 12.8 Å². The Morgan fingerprint density at radius 3 is 2.76 bits per heavy atom. The van der Waals surface area contributed by atoms with Gasteiger partial charge in [0.05, 0.1) is 5.56 Å². The summed E-state index contributed by atoms with van der Waals surface area (Å²) in [4.78, 5) is 12.0. The van der Waals surface area contributed by atoms with Crippen molar-refractivity contribution < 1.29 is 13.9 Å². The molecule has 1 amide bonds. The van der Waals surface area contributed by atoms with Crippen LogP contribution in [0.3, 0.4) is 0 Å². The third-order valence-corrected chi connectivity index (χ3v) is 3.62. The normalized spacial score (nSPS) is 16.8. The highest BCUT2D eigenvalue weighted by Crippen LogP contribution is 2.15. The summed E-state index contributed by atoms with van der Waals surface area (Å²) >= 11 is 1.97. The van der Waals surface area contributed by atoms with E-state index in [4.69, 9.17) is 4.74 Å². The first-order chi connectivity index (χ1) is 8.16. The van der Waals surface area contributed by atoms with Crippen molar-refractivity contribution in [3.8, 4) is 0 Å². The topological polar surface area (TPSA) is 38.3 Å². The minimum Gasteiger partial charge on any atom is -0.381 e. The number of nitrogens with one attached hydrogen (secondary N) is 1. The van der Waals surface area contributed by atoms with Gasteiger partial charge in [-0.15, -0.1) is 0 Å². The minimum atomic E-state index is -0.322. The molecular weight excluding hydrogens is 336 g/mol. The third-order valence-electron chi connectivity index (χ3n) is 2.73. The number of carbonyl (C=O) groups is 1. The van der Waals surface area contributed by atoms with Gasteiger partial charge in [0.25, 0.3) is 5.91 Å². The van der Waals surface area contributed by atoms with E-state index in [-0.39, 0.29) is 17.8 Å². The van der Waals surface area contributed by atoms with Crippen molar-refractivity contribution in [1.82, 2.24) is 5.32 Å². The molecule has 17 heavy (non-hydrogen) atoms. The van der Waals surface area contributed by atoms with Gasteiger partial charge in [-0.25, -0.2) is 4.39 Å². The van der Waals surface area contributed by atoms with Crippen LogP contribution in [0.1, 0.15) is 23.2 Å². The Morgan fingerprint density at radius 2 is 2.12 bits per heavy atom. The van der Waals surface area contributed by atoms with E-state index in [1.807, 2.05) is 22.6 Å². The zero-order valence-corrected chi connectivity index (χ0v) is 11.4. The quantitative estimate of drug-likeness (QED) is 0.833. The van der Waals surface area contributed by atoms with Crippen LogP contribution in [0.2, 0.25) is 0 Å². The fourth-order valence-electron chi connectivity index (χ4n) is 1.78. The maximum absolute atomic E-state index is 12.9. The lowest BCUT2D eigenvalue weighted by Gasteiger charge is -2.23. The van der Waals surface area contributed by atoms with Gasteiger partial charge in [-0.05, 0) is 53.6 Å². The molecule has 1 N–H and O–H groups in total. The van der Waals surface area contributed by atoms with Crippen molar-refractivity contribution in [2.45, 2.75) is 18.9 Å². The molecule has 1 fully saturated rings. The van der Waals surface area contributed by atoms with Crippen LogP contribution in [0.25, 0.3) is 0 Å². The first kappa shape index (κ1) is 12.8. The summed E-state index contributed by atoms with van der Waals surface area (Å²) in [6.07, 6.45) is 1.67. The molecule has 0 unspecified atom stereocenters. The SMILES string of the molecule is O=C(NC1CCOCC1)c1ccc(F)cc1I. The van der Waals surface area contributed by atoms with Crippen molar-refractivity contribution in [3.05, 3.63) is 33.1 Å². The molecule has 0 saturated carbocycles. The molecule has 1 aromatic rings. The van der Waals surface area contributed by atoms with Gasteiger partial charge in [0.15, 0.2) is 0 Å². The number of ether oxygens (including phenoxy) is 1. The monoisotopic (exact) mass is 349 g/mol. The highest BCUT2D eigenvalue weighted by molar-refractivity contribution is 14.1. The fraction of sp³-hybridized carbons (Fsp3) is 0.417. The van der Waals surface area contributed by atoms with E-state index in [1.54, 1.807) is 0 Å². The summed E-state index contributed by atoms with van der Waals surface area (Å²) in [5.74, 6) is -0.460. The van der Waals surface area contributed by atoms with Crippen LogP contribution >= 0.6 is 22.6 Å².